The smallest absolute Gasteiger partial charge is 0.346 e. The zero-order chi connectivity index (χ0) is 29.4. The van der Waals surface area contributed by atoms with E-state index in [1.807, 2.05) is 12.3 Å². The monoisotopic (exact) mass is 678 g/mol. The zero-order valence-corrected chi connectivity index (χ0v) is 28.1. The number of thiol groups is 1. The largest absolute Gasteiger partial charge is 0.465 e. The van der Waals surface area contributed by atoms with Gasteiger partial charge in [-0.05, 0) is 41.7 Å². The molecule has 0 radical (unpaired) electrons. The number of aromatic nitrogens is 1. The van der Waals surface area contributed by atoms with Crippen molar-refractivity contribution in [2.24, 2.45) is 0 Å². The minimum absolute atomic E-state index is 0.239. The highest BCUT2D eigenvalue weighted by atomic mass is 32.3. The van der Waals surface area contributed by atoms with Gasteiger partial charge in [0.25, 0.3) is 0 Å². The minimum Gasteiger partial charge on any atom is -0.465 e. The number of rotatable bonds is 10. The van der Waals surface area contributed by atoms with E-state index in [2.05, 4.69) is 48.5 Å². The molecule has 3 heterocycles. The average molecular weight is 679 g/mol. The van der Waals surface area contributed by atoms with Crippen molar-refractivity contribution in [3.05, 3.63) is 86.2 Å². The standard InChI is InChI=1S/C28H26N2O4S7/c1-16-5-6-17(14-35)12-19(11-16)20-13-18(7-9-30-20)15-37-26-25(36-10-4-8-29)40-28(41-26)27-38-21(23(31)33-2)22(39-27)24(32)34-3/h6-7,9,12-13,35H,1,4-5,10-11,14-15H2,2-3H3. The van der Waals surface area contributed by atoms with Gasteiger partial charge in [0.15, 0.2) is 0 Å². The summed E-state index contributed by atoms with van der Waals surface area (Å²) in [7, 11) is 2.59. The van der Waals surface area contributed by atoms with E-state index in [4.69, 9.17) is 14.7 Å². The number of carbonyl (C=O) groups is 2. The molecule has 1 aromatic rings. The van der Waals surface area contributed by atoms with Gasteiger partial charge < -0.3 is 9.47 Å². The number of methoxy groups -OCH3 is 2. The third-order valence-corrected chi connectivity index (χ3v) is 14.7. The lowest BCUT2D eigenvalue weighted by molar-refractivity contribution is -0.138. The lowest BCUT2D eigenvalue weighted by Gasteiger charge is -2.10. The molecule has 1 aromatic heterocycles. The molecule has 0 saturated heterocycles. The molecule has 0 atom stereocenters. The molecule has 0 N–H and O–H groups in total. The fraction of sp³-hybridized carbons (Fsp3) is 0.286. The summed E-state index contributed by atoms with van der Waals surface area (Å²) < 4.78 is 13.9. The van der Waals surface area contributed by atoms with Crippen LogP contribution in [0.4, 0.5) is 0 Å². The molecular weight excluding hydrogens is 653 g/mol. The van der Waals surface area contributed by atoms with Gasteiger partial charge in [-0.1, -0.05) is 71.4 Å². The number of nitriles is 1. The number of esters is 2. The Balaban J connectivity index is 1.53. The van der Waals surface area contributed by atoms with E-state index >= 15 is 0 Å². The molecule has 0 saturated carbocycles. The molecule has 1 aliphatic carbocycles. The number of ether oxygens (including phenoxy) is 2. The summed E-state index contributed by atoms with van der Waals surface area (Å²) in [5, 5.41) is 9.06. The van der Waals surface area contributed by atoms with Crippen LogP contribution in [0.5, 0.6) is 0 Å². The Bertz CT molecular complexity index is 1420. The number of hydrogen-bond acceptors (Lipinski definition) is 13. The Hall–Kier alpha value is -1.53. The number of hydrogen-bond donors (Lipinski definition) is 1. The molecule has 3 aliphatic rings. The summed E-state index contributed by atoms with van der Waals surface area (Å²) >= 11 is 13.6. The van der Waals surface area contributed by atoms with Crippen LogP contribution >= 0.6 is 83.2 Å². The molecule has 13 heteroatoms. The van der Waals surface area contributed by atoms with Gasteiger partial charge in [0, 0.05) is 29.9 Å². The Morgan fingerprint density at radius 2 is 1.76 bits per heavy atom. The fourth-order valence-corrected chi connectivity index (χ4v) is 12.4. The second kappa shape index (κ2) is 15.8. The molecule has 0 fully saturated rings. The third kappa shape index (κ3) is 8.53. The van der Waals surface area contributed by atoms with Crippen molar-refractivity contribution in [1.29, 1.82) is 5.26 Å². The quantitative estimate of drug-likeness (QED) is 0.112. The first-order valence-electron chi connectivity index (χ1n) is 12.2. The first-order valence-corrected chi connectivity index (χ1v) is 18.1. The number of pyridine rings is 1. The van der Waals surface area contributed by atoms with Gasteiger partial charge in [0.05, 0.1) is 42.9 Å². The summed E-state index contributed by atoms with van der Waals surface area (Å²) in [6.45, 7) is 4.21. The van der Waals surface area contributed by atoms with E-state index in [-0.39, 0.29) is 9.81 Å². The van der Waals surface area contributed by atoms with Gasteiger partial charge in [-0.3, -0.25) is 4.98 Å². The Morgan fingerprint density at radius 3 is 2.39 bits per heavy atom. The number of nitrogens with zero attached hydrogens (tertiary/aromatic N) is 2. The number of allylic oxidation sites excluding steroid dienone is 4. The first kappa shape index (κ1) is 32.4. The molecule has 0 unspecified atom stereocenters. The molecule has 214 valence electrons. The number of carbonyl (C=O) groups excluding carboxylic acids is 2. The molecule has 6 nitrogen and oxygen atoms in total. The Labute approximate surface area is 271 Å². The lowest BCUT2D eigenvalue weighted by atomic mass is 10.0. The highest BCUT2D eigenvalue weighted by Gasteiger charge is 2.36. The van der Waals surface area contributed by atoms with E-state index < -0.39 is 11.9 Å². The molecular formula is C28H26N2O4S7. The van der Waals surface area contributed by atoms with Gasteiger partial charge in [0.1, 0.15) is 9.81 Å². The topological polar surface area (TPSA) is 89.3 Å². The van der Waals surface area contributed by atoms with Crippen molar-refractivity contribution in [3.63, 3.8) is 0 Å². The van der Waals surface area contributed by atoms with Crippen LogP contribution in [0.15, 0.2) is 75.0 Å². The molecule has 0 amide bonds. The molecule has 0 bridgehead atoms. The summed E-state index contributed by atoms with van der Waals surface area (Å²) in [6, 6.07) is 6.38. The highest BCUT2D eigenvalue weighted by molar-refractivity contribution is 8.42. The van der Waals surface area contributed by atoms with E-state index in [1.54, 1.807) is 47.0 Å². The van der Waals surface area contributed by atoms with Crippen LogP contribution < -0.4 is 0 Å². The van der Waals surface area contributed by atoms with Gasteiger partial charge in [0.2, 0.25) is 0 Å². The van der Waals surface area contributed by atoms with Crippen LogP contribution in [-0.2, 0) is 24.8 Å². The van der Waals surface area contributed by atoms with Crippen LogP contribution in [0.2, 0.25) is 0 Å². The molecule has 0 aromatic carbocycles. The maximum atomic E-state index is 12.4. The van der Waals surface area contributed by atoms with Crippen molar-refractivity contribution >= 4 is 101 Å². The predicted molar refractivity (Wildman–Crippen MR) is 182 cm³/mol. The lowest BCUT2D eigenvalue weighted by Crippen LogP contribution is -2.08. The minimum atomic E-state index is -0.560. The maximum absolute atomic E-state index is 12.4. The second-order valence-electron chi connectivity index (χ2n) is 8.53. The molecule has 0 spiro atoms. The van der Waals surface area contributed by atoms with Crippen molar-refractivity contribution in [1.82, 2.24) is 4.98 Å². The van der Waals surface area contributed by atoms with Crippen LogP contribution in [0.1, 0.15) is 30.5 Å². The molecule has 4 rings (SSSR count). The van der Waals surface area contributed by atoms with Gasteiger partial charge >= 0.3 is 11.9 Å². The van der Waals surface area contributed by atoms with Crippen molar-refractivity contribution in [2.75, 3.05) is 25.7 Å². The highest BCUT2D eigenvalue weighted by Crippen LogP contribution is 2.64. The van der Waals surface area contributed by atoms with Crippen LogP contribution in [-0.4, -0.2) is 42.6 Å². The van der Waals surface area contributed by atoms with Crippen molar-refractivity contribution in [3.8, 4) is 6.07 Å². The summed E-state index contributed by atoms with van der Waals surface area (Å²) in [4.78, 5) is 29.8. The number of thioether (sulfide) groups is 6. The Morgan fingerprint density at radius 1 is 1.10 bits per heavy atom. The van der Waals surface area contributed by atoms with Gasteiger partial charge in [-0.2, -0.15) is 17.9 Å². The van der Waals surface area contributed by atoms with E-state index in [0.717, 1.165) is 57.9 Å². The van der Waals surface area contributed by atoms with Gasteiger partial charge in [-0.25, -0.2) is 9.59 Å². The summed E-state index contributed by atoms with van der Waals surface area (Å²) in [6.07, 6.45) is 8.30. The van der Waals surface area contributed by atoms with Crippen molar-refractivity contribution in [2.45, 2.75) is 25.0 Å². The normalized spacial score (nSPS) is 17.4. The average Bonchev–Trinajstić information content (AvgIpc) is 3.56. The van der Waals surface area contributed by atoms with E-state index in [1.165, 1.54) is 43.3 Å². The fourth-order valence-electron chi connectivity index (χ4n) is 3.67. The summed E-state index contributed by atoms with van der Waals surface area (Å²) in [5.74, 6) is 0.982. The van der Waals surface area contributed by atoms with E-state index in [0.29, 0.717) is 17.9 Å². The Kier molecular flexibility index (Phi) is 12.5. The van der Waals surface area contributed by atoms with E-state index in [9.17, 15) is 9.59 Å². The maximum Gasteiger partial charge on any atom is 0.346 e. The zero-order valence-electron chi connectivity index (χ0n) is 22.3. The predicted octanol–water partition coefficient (Wildman–Crippen LogP) is 8.32. The van der Waals surface area contributed by atoms with Gasteiger partial charge in [-0.15, -0.1) is 23.5 Å². The molecule has 2 aliphatic heterocycles. The van der Waals surface area contributed by atoms with Crippen LogP contribution in [0, 0.1) is 11.3 Å². The third-order valence-electron chi connectivity index (χ3n) is 5.65. The second-order valence-corrected chi connectivity index (χ2v) is 16.1. The summed E-state index contributed by atoms with van der Waals surface area (Å²) in [5.41, 5.74) is 5.58. The van der Waals surface area contributed by atoms with Crippen LogP contribution in [0.3, 0.4) is 0 Å². The SMILES string of the molecule is C=C1CC=C(CS)C=C(c2cc(CSC3=C(SCCC#N)SC(=C4SC(C(=O)OC)=C(C(=O)OC)S4)S3)ccn2)C1. The van der Waals surface area contributed by atoms with Crippen molar-refractivity contribution < 1.29 is 19.1 Å². The molecule has 41 heavy (non-hydrogen) atoms. The van der Waals surface area contributed by atoms with Crippen LogP contribution in [0.25, 0.3) is 5.57 Å². The first-order chi connectivity index (χ1) is 19.9.